The van der Waals surface area contributed by atoms with Crippen molar-refractivity contribution in [2.24, 2.45) is 0 Å². The highest BCUT2D eigenvalue weighted by molar-refractivity contribution is 5.22. The van der Waals surface area contributed by atoms with Crippen molar-refractivity contribution in [3.8, 4) is 5.88 Å². The Morgan fingerprint density at radius 3 is 2.90 bits per heavy atom. The Kier molecular flexibility index (Phi) is 5.34. The lowest BCUT2D eigenvalue weighted by Gasteiger charge is -2.39. The van der Waals surface area contributed by atoms with Crippen molar-refractivity contribution in [2.45, 2.75) is 32.0 Å². The van der Waals surface area contributed by atoms with Crippen molar-refractivity contribution in [1.82, 2.24) is 15.2 Å². The first kappa shape index (κ1) is 15.2. The average molecular weight is 279 g/mol. The quantitative estimate of drug-likeness (QED) is 0.884. The van der Waals surface area contributed by atoms with Crippen LogP contribution in [0.25, 0.3) is 0 Å². The summed E-state index contributed by atoms with van der Waals surface area (Å²) in [6, 6.07) is 4.67. The van der Waals surface area contributed by atoms with Gasteiger partial charge in [-0.15, -0.1) is 0 Å². The Labute approximate surface area is 121 Å². The zero-order chi connectivity index (χ0) is 14.5. The highest BCUT2D eigenvalue weighted by Crippen LogP contribution is 2.28. The van der Waals surface area contributed by atoms with Crippen LogP contribution in [0.5, 0.6) is 5.88 Å². The molecule has 1 aromatic rings. The maximum absolute atomic E-state index is 5.96. The zero-order valence-corrected chi connectivity index (χ0v) is 12.8. The monoisotopic (exact) mass is 279 g/mol. The van der Waals surface area contributed by atoms with Crippen molar-refractivity contribution in [3.05, 3.63) is 23.9 Å². The molecule has 0 amide bonds. The molecule has 2 heterocycles. The molecule has 1 aliphatic heterocycles. The van der Waals surface area contributed by atoms with Gasteiger partial charge in [0.25, 0.3) is 0 Å². The maximum Gasteiger partial charge on any atom is 0.212 e. The highest BCUT2D eigenvalue weighted by atomic mass is 16.5. The fraction of sp³-hybridized carbons (Fsp3) is 0.667. The van der Waals surface area contributed by atoms with Crippen LogP contribution in [-0.2, 0) is 4.74 Å². The van der Waals surface area contributed by atoms with Gasteiger partial charge in [0.15, 0.2) is 0 Å². The predicted molar refractivity (Wildman–Crippen MR) is 79.0 cm³/mol. The number of hydrogen-bond donors (Lipinski definition) is 1. The van der Waals surface area contributed by atoms with Gasteiger partial charge in [-0.05, 0) is 12.6 Å². The molecular formula is C15H25N3O2. The fourth-order valence-corrected chi connectivity index (χ4v) is 2.54. The molecule has 0 saturated carbocycles. The Balaban J connectivity index is 2.13. The third-order valence-corrected chi connectivity index (χ3v) is 3.64. The molecule has 0 bridgehead atoms. The van der Waals surface area contributed by atoms with Gasteiger partial charge < -0.3 is 14.8 Å². The first-order chi connectivity index (χ1) is 9.61. The summed E-state index contributed by atoms with van der Waals surface area (Å²) in [5, 5.41) is 3.46. The van der Waals surface area contributed by atoms with E-state index in [4.69, 9.17) is 9.47 Å². The van der Waals surface area contributed by atoms with E-state index in [2.05, 4.69) is 42.2 Å². The van der Waals surface area contributed by atoms with Gasteiger partial charge in [-0.25, -0.2) is 4.98 Å². The van der Waals surface area contributed by atoms with E-state index in [0.717, 1.165) is 19.7 Å². The van der Waals surface area contributed by atoms with E-state index < -0.39 is 0 Å². The number of likely N-dealkylation sites (N-methyl/N-ethyl adjacent to an activating group) is 1. The lowest BCUT2D eigenvalue weighted by atomic mass is 10.00. The molecule has 0 aromatic carbocycles. The minimum Gasteiger partial charge on any atom is -0.481 e. The predicted octanol–water partition coefficient (Wildman–Crippen LogP) is 1.46. The number of nitrogens with zero attached hydrogens (tertiary/aromatic N) is 2. The van der Waals surface area contributed by atoms with Crippen LogP contribution in [0.1, 0.15) is 25.5 Å². The standard InChI is InChI=1S/C15H25N3O2/c1-11(2)16-10-13-15(18(3)7-8-20-13)12-5-6-14(19-4)17-9-12/h5-6,9,11,13,15-16H,7-8,10H2,1-4H3. The molecule has 1 N–H and O–H groups in total. The number of ether oxygens (including phenoxy) is 2. The SMILES string of the molecule is COc1ccc(C2C(CNC(C)C)OCCN2C)cn1. The van der Waals surface area contributed by atoms with Crippen LogP contribution in [0, 0.1) is 0 Å². The molecule has 2 atom stereocenters. The number of morpholine rings is 1. The molecule has 0 aliphatic carbocycles. The third kappa shape index (κ3) is 3.69. The summed E-state index contributed by atoms with van der Waals surface area (Å²) >= 11 is 0. The lowest BCUT2D eigenvalue weighted by Crippen LogP contribution is -2.48. The summed E-state index contributed by atoms with van der Waals surface area (Å²) in [6.07, 6.45) is 2.03. The molecule has 1 aliphatic rings. The lowest BCUT2D eigenvalue weighted by molar-refractivity contribution is -0.0621. The van der Waals surface area contributed by atoms with E-state index in [9.17, 15) is 0 Å². The molecule has 5 nitrogen and oxygen atoms in total. The van der Waals surface area contributed by atoms with E-state index in [-0.39, 0.29) is 12.1 Å². The molecule has 2 unspecified atom stereocenters. The third-order valence-electron chi connectivity index (χ3n) is 3.64. The van der Waals surface area contributed by atoms with E-state index in [0.29, 0.717) is 11.9 Å². The first-order valence-electron chi connectivity index (χ1n) is 7.17. The largest absolute Gasteiger partial charge is 0.481 e. The van der Waals surface area contributed by atoms with Gasteiger partial charge in [0.05, 0.1) is 25.9 Å². The van der Waals surface area contributed by atoms with Gasteiger partial charge in [-0.2, -0.15) is 0 Å². The van der Waals surface area contributed by atoms with Gasteiger partial charge in [-0.3, -0.25) is 4.90 Å². The second-order valence-electron chi connectivity index (χ2n) is 5.53. The first-order valence-corrected chi connectivity index (χ1v) is 7.17. The van der Waals surface area contributed by atoms with Crippen molar-refractivity contribution in [2.75, 3.05) is 33.9 Å². The van der Waals surface area contributed by atoms with Crippen LogP contribution in [0.3, 0.4) is 0 Å². The number of hydrogen-bond acceptors (Lipinski definition) is 5. The molecule has 20 heavy (non-hydrogen) atoms. The Bertz CT molecular complexity index is 408. The van der Waals surface area contributed by atoms with Crippen molar-refractivity contribution in [1.29, 1.82) is 0 Å². The maximum atomic E-state index is 5.96. The summed E-state index contributed by atoms with van der Waals surface area (Å²) in [5.74, 6) is 0.644. The molecule has 2 rings (SSSR count). The minimum absolute atomic E-state index is 0.145. The van der Waals surface area contributed by atoms with Crippen LogP contribution in [-0.4, -0.2) is 55.9 Å². The molecule has 112 valence electrons. The van der Waals surface area contributed by atoms with Crippen LogP contribution in [0.2, 0.25) is 0 Å². The topological polar surface area (TPSA) is 46.6 Å². The molecule has 0 radical (unpaired) electrons. The molecule has 1 fully saturated rings. The Morgan fingerprint density at radius 2 is 2.30 bits per heavy atom. The van der Waals surface area contributed by atoms with Crippen LogP contribution in [0.4, 0.5) is 0 Å². The van der Waals surface area contributed by atoms with Gasteiger partial charge >= 0.3 is 0 Å². The molecule has 1 aromatic heterocycles. The Morgan fingerprint density at radius 1 is 1.50 bits per heavy atom. The zero-order valence-electron chi connectivity index (χ0n) is 12.8. The molecule has 1 saturated heterocycles. The normalized spacial score (nSPS) is 24.1. The van der Waals surface area contributed by atoms with E-state index in [1.165, 1.54) is 5.56 Å². The fourth-order valence-electron chi connectivity index (χ4n) is 2.54. The molecule has 5 heteroatoms. The number of nitrogens with one attached hydrogen (secondary N) is 1. The summed E-state index contributed by atoms with van der Waals surface area (Å²) in [5.41, 5.74) is 1.17. The summed E-state index contributed by atoms with van der Waals surface area (Å²) in [6.45, 7) is 6.86. The van der Waals surface area contributed by atoms with E-state index in [1.807, 2.05) is 12.3 Å². The van der Waals surface area contributed by atoms with Gasteiger partial charge in [0.1, 0.15) is 0 Å². The van der Waals surface area contributed by atoms with Crippen molar-refractivity contribution < 1.29 is 9.47 Å². The van der Waals surface area contributed by atoms with Gasteiger partial charge in [0, 0.05) is 31.4 Å². The summed E-state index contributed by atoms with van der Waals surface area (Å²) in [4.78, 5) is 6.64. The second-order valence-corrected chi connectivity index (χ2v) is 5.53. The average Bonchev–Trinajstić information content (AvgIpc) is 2.45. The second kappa shape index (κ2) is 7.02. The number of pyridine rings is 1. The minimum atomic E-state index is 0.145. The summed E-state index contributed by atoms with van der Waals surface area (Å²) in [7, 11) is 3.77. The van der Waals surface area contributed by atoms with Crippen LogP contribution >= 0.6 is 0 Å². The van der Waals surface area contributed by atoms with Crippen molar-refractivity contribution >= 4 is 0 Å². The number of methoxy groups -OCH3 is 1. The highest BCUT2D eigenvalue weighted by Gasteiger charge is 2.31. The molecular weight excluding hydrogens is 254 g/mol. The van der Waals surface area contributed by atoms with Crippen molar-refractivity contribution in [3.63, 3.8) is 0 Å². The van der Waals surface area contributed by atoms with Gasteiger partial charge in [-0.1, -0.05) is 19.9 Å². The number of aromatic nitrogens is 1. The van der Waals surface area contributed by atoms with Crippen LogP contribution in [0.15, 0.2) is 18.3 Å². The van der Waals surface area contributed by atoms with E-state index >= 15 is 0 Å². The van der Waals surface area contributed by atoms with Gasteiger partial charge in [0.2, 0.25) is 5.88 Å². The Hall–Kier alpha value is -1.17. The van der Waals surface area contributed by atoms with Crippen LogP contribution < -0.4 is 10.1 Å². The number of rotatable bonds is 5. The smallest absolute Gasteiger partial charge is 0.212 e. The summed E-state index contributed by atoms with van der Waals surface area (Å²) < 4.78 is 11.1. The molecule has 0 spiro atoms. The van der Waals surface area contributed by atoms with E-state index in [1.54, 1.807) is 7.11 Å².